The molecule has 0 radical (unpaired) electrons. The average Bonchev–Trinajstić information content (AvgIpc) is 2.99. The van der Waals surface area contributed by atoms with Crippen molar-refractivity contribution >= 4 is 50.7 Å². The number of halogens is 2. The number of hydrogen-bond acceptors (Lipinski definition) is 4. The quantitative estimate of drug-likeness (QED) is 0.620. The van der Waals surface area contributed by atoms with E-state index >= 15 is 0 Å². The molecule has 2 amide bonds. The molecule has 0 aliphatic rings. The lowest BCUT2D eigenvalue weighted by atomic mass is 10.2. The minimum atomic E-state index is -0.446. The lowest BCUT2D eigenvalue weighted by Crippen LogP contribution is -2.21. The Morgan fingerprint density at radius 2 is 1.74 bits per heavy atom. The van der Waals surface area contributed by atoms with Crippen LogP contribution in [0.5, 0.6) is 0 Å². The maximum atomic E-state index is 12.4. The second-order valence-electron chi connectivity index (χ2n) is 5.64. The first-order valence-electron chi connectivity index (χ1n) is 7.96. The highest BCUT2D eigenvalue weighted by Crippen LogP contribution is 2.22. The Hall–Kier alpha value is -2.71. The van der Waals surface area contributed by atoms with Gasteiger partial charge in [0.25, 0.3) is 5.91 Å². The van der Waals surface area contributed by atoms with Crippen LogP contribution in [-0.2, 0) is 11.3 Å². The molecule has 0 aliphatic heterocycles. The number of aromatic nitrogens is 3. The van der Waals surface area contributed by atoms with Gasteiger partial charge in [0, 0.05) is 4.47 Å². The normalized spacial score (nSPS) is 10.5. The predicted molar refractivity (Wildman–Crippen MR) is 107 cm³/mol. The van der Waals surface area contributed by atoms with Crippen molar-refractivity contribution in [2.45, 2.75) is 13.5 Å². The fourth-order valence-corrected chi connectivity index (χ4v) is 2.92. The van der Waals surface area contributed by atoms with E-state index < -0.39 is 5.91 Å². The number of benzene rings is 2. The van der Waals surface area contributed by atoms with Crippen LogP contribution < -0.4 is 10.6 Å². The molecule has 3 rings (SSSR count). The summed E-state index contributed by atoms with van der Waals surface area (Å²) in [5.41, 5.74) is 1.73. The van der Waals surface area contributed by atoms with Gasteiger partial charge in [0.05, 0.1) is 22.1 Å². The lowest BCUT2D eigenvalue weighted by molar-refractivity contribution is -0.117. The molecular formula is C18H15BrClN5O2. The zero-order chi connectivity index (χ0) is 19.4. The monoisotopic (exact) mass is 447 g/mol. The van der Waals surface area contributed by atoms with Crippen LogP contribution in [0, 0.1) is 6.92 Å². The first-order valence-corrected chi connectivity index (χ1v) is 9.13. The van der Waals surface area contributed by atoms with E-state index in [1.165, 1.54) is 4.68 Å². The van der Waals surface area contributed by atoms with Crippen molar-refractivity contribution in [1.82, 2.24) is 15.0 Å². The van der Waals surface area contributed by atoms with Crippen molar-refractivity contribution in [3.8, 4) is 0 Å². The Morgan fingerprint density at radius 3 is 2.44 bits per heavy atom. The molecule has 0 fully saturated rings. The molecule has 1 aromatic heterocycles. The zero-order valence-corrected chi connectivity index (χ0v) is 16.6. The maximum Gasteiger partial charge on any atom is 0.278 e. The molecule has 2 aromatic carbocycles. The summed E-state index contributed by atoms with van der Waals surface area (Å²) in [6, 6.07) is 14.2. The van der Waals surface area contributed by atoms with Crippen molar-refractivity contribution < 1.29 is 9.59 Å². The van der Waals surface area contributed by atoms with Gasteiger partial charge in [-0.2, -0.15) is 0 Å². The summed E-state index contributed by atoms with van der Waals surface area (Å²) in [4.78, 5) is 24.7. The third-order valence-electron chi connectivity index (χ3n) is 3.76. The fourth-order valence-electron chi connectivity index (χ4n) is 2.35. The smallest absolute Gasteiger partial charge is 0.278 e. The van der Waals surface area contributed by atoms with Crippen LogP contribution in [0.1, 0.15) is 16.2 Å². The number of carbonyl (C=O) groups excluding carboxylic acids is 2. The molecule has 0 saturated carbocycles. The molecular weight excluding hydrogens is 434 g/mol. The zero-order valence-electron chi connectivity index (χ0n) is 14.2. The van der Waals surface area contributed by atoms with Crippen molar-refractivity contribution in [2.75, 3.05) is 10.6 Å². The first kappa shape index (κ1) is 19.1. The Morgan fingerprint density at radius 1 is 1.07 bits per heavy atom. The van der Waals surface area contributed by atoms with Gasteiger partial charge in [-0.15, -0.1) is 5.10 Å². The summed E-state index contributed by atoms with van der Waals surface area (Å²) in [7, 11) is 0. The molecule has 3 aromatic rings. The third kappa shape index (κ3) is 4.53. The lowest BCUT2D eigenvalue weighted by Gasteiger charge is -2.08. The van der Waals surface area contributed by atoms with Gasteiger partial charge in [0.1, 0.15) is 6.54 Å². The van der Waals surface area contributed by atoms with E-state index in [0.29, 0.717) is 22.1 Å². The molecule has 7 nitrogen and oxygen atoms in total. The Kier molecular flexibility index (Phi) is 5.88. The van der Waals surface area contributed by atoms with Crippen LogP contribution >= 0.6 is 27.5 Å². The van der Waals surface area contributed by atoms with E-state index in [9.17, 15) is 9.59 Å². The molecule has 0 aliphatic carbocycles. The van der Waals surface area contributed by atoms with Crippen molar-refractivity contribution in [1.29, 1.82) is 0 Å². The number of hydrogen-bond donors (Lipinski definition) is 2. The molecule has 0 bridgehead atoms. The van der Waals surface area contributed by atoms with Gasteiger partial charge in [0.2, 0.25) is 5.91 Å². The van der Waals surface area contributed by atoms with Gasteiger partial charge in [-0.3, -0.25) is 9.59 Å². The highest BCUT2D eigenvalue weighted by molar-refractivity contribution is 9.10. The van der Waals surface area contributed by atoms with Gasteiger partial charge in [-0.05, 0) is 47.1 Å². The molecule has 0 unspecified atom stereocenters. The molecule has 138 valence electrons. The van der Waals surface area contributed by atoms with Crippen LogP contribution in [0.4, 0.5) is 11.4 Å². The molecule has 2 N–H and O–H groups in total. The van der Waals surface area contributed by atoms with Crippen molar-refractivity contribution in [3.05, 3.63) is 69.4 Å². The van der Waals surface area contributed by atoms with E-state index in [4.69, 9.17) is 11.6 Å². The van der Waals surface area contributed by atoms with Crippen LogP contribution in [-0.4, -0.2) is 26.8 Å². The Balaban J connectivity index is 1.69. The third-order valence-corrected chi connectivity index (χ3v) is 4.78. The molecule has 1 heterocycles. The SMILES string of the molecule is Cc1c(C(=O)Nc2ccccc2Cl)nnn1CC(=O)Nc1ccccc1Br. The number of carbonyl (C=O) groups is 2. The van der Waals surface area contributed by atoms with E-state index in [0.717, 1.165) is 4.47 Å². The number of anilines is 2. The standard InChI is InChI=1S/C18H15BrClN5O2/c1-11-17(18(27)22-15-9-5-3-7-13(15)20)23-24-25(11)10-16(26)21-14-8-4-2-6-12(14)19/h2-9H,10H2,1H3,(H,21,26)(H,22,27). The average molecular weight is 449 g/mol. The van der Waals surface area contributed by atoms with Crippen LogP contribution in [0.25, 0.3) is 0 Å². The van der Waals surface area contributed by atoms with Gasteiger partial charge in [0.15, 0.2) is 5.69 Å². The highest BCUT2D eigenvalue weighted by atomic mass is 79.9. The predicted octanol–water partition coefficient (Wildman–Crippen LogP) is 3.89. The summed E-state index contributed by atoms with van der Waals surface area (Å²) in [6.45, 7) is 1.60. The van der Waals surface area contributed by atoms with Crippen LogP contribution in [0.3, 0.4) is 0 Å². The van der Waals surface area contributed by atoms with Crippen molar-refractivity contribution in [2.24, 2.45) is 0 Å². The molecule has 0 spiro atoms. The summed E-state index contributed by atoms with van der Waals surface area (Å²) in [5, 5.41) is 13.7. The summed E-state index contributed by atoms with van der Waals surface area (Å²) < 4.78 is 2.14. The number of nitrogens with one attached hydrogen (secondary N) is 2. The van der Waals surface area contributed by atoms with Gasteiger partial charge < -0.3 is 10.6 Å². The van der Waals surface area contributed by atoms with Crippen LogP contribution in [0.15, 0.2) is 53.0 Å². The van der Waals surface area contributed by atoms with E-state index in [2.05, 4.69) is 36.9 Å². The largest absolute Gasteiger partial charge is 0.323 e. The number of nitrogens with zero attached hydrogens (tertiary/aromatic N) is 3. The maximum absolute atomic E-state index is 12.4. The second-order valence-corrected chi connectivity index (χ2v) is 6.90. The van der Waals surface area contributed by atoms with E-state index in [1.54, 1.807) is 37.3 Å². The Bertz CT molecular complexity index is 1000. The number of rotatable bonds is 5. The fraction of sp³-hybridized carbons (Fsp3) is 0.111. The number of para-hydroxylation sites is 2. The Labute approximate surface area is 168 Å². The highest BCUT2D eigenvalue weighted by Gasteiger charge is 2.19. The van der Waals surface area contributed by atoms with Gasteiger partial charge in [-0.1, -0.05) is 41.1 Å². The number of amides is 2. The molecule has 0 atom stereocenters. The van der Waals surface area contributed by atoms with Crippen LogP contribution in [0.2, 0.25) is 5.02 Å². The molecule has 0 saturated heterocycles. The summed E-state index contributed by atoms with van der Waals surface area (Å²) in [6.07, 6.45) is 0. The van der Waals surface area contributed by atoms with Crippen molar-refractivity contribution in [3.63, 3.8) is 0 Å². The minimum Gasteiger partial charge on any atom is -0.323 e. The van der Waals surface area contributed by atoms with Gasteiger partial charge >= 0.3 is 0 Å². The van der Waals surface area contributed by atoms with E-state index in [1.807, 2.05) is 18.2 Å². The minimum absolute atomic E-state index is 0.0699. The van der Waals surface area contributed by atoms with Gasteiger partial charge in [-0.25, -0.2) is 4.68 Å². The molecule has 27 heavy (non-hydrogen) atoms. The first-order chi connectivity index (χ1) is 13.0. The second kappa shape index (κ2) is 8.32. The summed E-state index contributed by atoms with van der Waals surface area (Å²) >= 11 is 9.42. The summed E-state index contributed by atoms with van der Waals surface area (Å²) in [5.74, 6) is -0.731. The molecule has 9 heteroatoms. The topological polar surface area (TPSA) is 88.9 Å². The van der Waals surface area contributed by atoms with E-state index in [-0.39, 0.29) is 18.1 Å².